The van der Waals surface area contributed by atoms with Crippen LogP contribution >= 0.6 is 11.9 Å². The molecular formula is C25H33N5OS. The number of ether oxygens (including phenoxy) is 1. The van der Waals surface area contributed by atoms with E-state index in [-0.39, 0.29) is 5.60 Å². The number of aryl methyl sites for hydroxylation is 1. The number of nitrogens with zero attached hydrogens (tertiary/aromatic N) is 5. The molecule has 3 aliphatic rings. The summed E-state index contributed by atoms with van der Waals surface area (Å²) >= 11 is 1.82. The Kier molecular flexibility index (Phi) is 6.12. The van der Waals surface area contributed by atoms with Crippen molar-refractivity contribution >= 4 is 23.5 Å². The van der Waals surface area contributed by atoms with Crippen LogP contribution in [-0.2, 0) is 12.8 Å². The van der Waals surface area contributed by atoms with E-state index in [0.717, 1.165) is 75.7 Å². The monoisotopic (exact) mass is 451 g/mol. The maximum atomic E-state index is 6.54. The van der Waals surface area contributed by atoms with Crippen molar-refractivity contribution in [2.24, 2.45) is 5.92 Å². The van der Waals surface area contributed by atoms with Gasteiger partial charge >= 0.3 is 0 Å². The number of piperidine rings is 1. The first kappa shape index (κ1) is 21.7. The average molecular weight is 452 g/mol. The molecule has 1 unspecified atom stereocenters. The van der Waals surface area contributed by atoms with Gasteiger partial charge in [-0.2, -0.15) is 0 Å². The molecule has 6 nitrogen and oxygen atoms in total. The van der Waals surface area contributed by atoms with Crippen molar-refractivity contribution in [1.29, 1.82) is 0 Å². The molecule has 0 aromatic carbocycles. The van der Waals surface area contributed by atoms with Gasteiger partial charge in [0.15, 0.2) is 0 Å². The third-order valence-corrected chi connectivity index (χ3v) is 8.18. The second kappa shape index (κ2) is 9.02. The zero-order chi connectivity index (χ0) is 22.1. The quantitative estimate of drug-likeness (QED) is 0.624. The first-order valence-corrected chi connectivity index (χ1v) is 13.0. The molecule has 1 atom stereocenters. The third-order valence-electron chi connectivity index (χ3n) is 7.33. The molecule has 0 N–H and O–H groups in total. The maximum Gasteiger partial charge on any atom is 0.225 e. The van der Waals surface area contributed by atoms with Crippen LogP contribution in [0.4, 0.5) is 5.95 Å². The molecule has 3 aliphatic heterocycles. The highest BCUT2D eigenvalue weighted by Gasteiger charge is 2.43. The Hall–Kier alpha value is -2.12. The van der Waals surface area contributed by atoms with Gasteiger partial charge in [-0.05, 0) is 56.1 Å². The smallest absolute Gasteiger partial charge is 0.225 e. The van der Waals surface area contributed by atoms with Gasteiger partial charge in [0.25, 0.3) is 0 Å². The van der Waals surface area contributed by atoms with Crippen LogP contribution in [0, 0.1) is 5.92 Å². The second-order valence-electron chi connectivity index (χ2n) is 9.32. The van der Waals surface area contributed by atoms with Gasteiger partial charge in [-0.3, -0.25) is 4.98 Å². The number of aromatic nitrogens is 3. The number of anilines is 1. The Morgan fingerprint density at radius 2 is 1.91 bits per heavy atom. The third kappa shape index (κ3) is 4.25. The van der Waals surface area contributed by atoms with E-state index in [2.05, 4.69) is 51.4 Å². The Morgan fingerprint density at radius 3 is 2.56 bits per heavy atom. The zero-order valence-corrected chi connectivity index (χ0v) is 20.2. The summed E-state index contributed by atoms with van der Waals surface area (Å²) in [5.74, 6) is 2.35. The number of rotatable bonds is 5. The van der Waals surface area contributed by atoms with Crippen LogP contribution in [0.2, 0.25) is 0 Å². The lowest BCUT2D eigenvalue weighted by atomic mass is 9.79. The zero-order valence-electron chi connectivity index (χ0n) is 19.4. The fourth-order valence-electron chi connectivity index (χ4n) is 5.22. The van der Waals surface area contributed by atoms with E-state index in [1.54, 1.807) is 0 Å². The van der Waals surface area contributed by atoms with Crippen molar-refractivity contribution in [1.82, 2.24) is 19.3 Å². The molecule has 7 heteroatoms. The van der Waals surface area contributed by atoms with Crippen LogP contribution in [0.1, 0.15) is 49.9 Å². The molecule has 170 valence electrons. The van der Waals surface area contributed by atoms with Crippen LogP contribution in [-0.4, -0.2) is 57.3 Å². The van der Waals surface area contributed by atoms with Gasteiger partial charge in [0.2, 0.25) is 5.95 Å². The minimum absolute atomic E-state index is 0.155. The summed E-state index contributed by atoms with van der Waals surface area (Å²) in [6, 6.07) is 2.28. The fraction of sp³-hybridized carbons (Fsp3) is 0.560. The fourth-order valence-corrected chi connectivity index (χ4v) is 5.71. The van der Waals surface area contributed by atoms with Crippen molar-refractivity contribution in [3.8, 4) is 5.75 Å². The molecule has 0 amide bonds. The van der Waals surface area contributed by atoms with Gasteiger partial charge in [-0.15, -0.1) is 0 Å². The van der Waals surface area contributed by atoms with Crippen LogP contribution in [0.5, 0.6) is 5.75 Å². The highest BCUT2D eigenvalue weighted by atomic mass is 32.2. The molecular weight excluding hydrogens is 418 g/mol. The van der Waals surface area contributed by atoms with Gasteiger partial charge in [0.05, 0.1) is 11.9 Å². The Balaban J connectivity index is 1.23. The minimum atomic E-state index is -0.155. The van der Waals surface area contributed by atoms with Crippen LogP contribution < -0.4 is 9.64 Å². The van der Waals surface area contributed by atoms with E-state index in [1.807, 2.05) is 30.5 Å². The topological polar surface area (TPSA) is 54.4 Å². The number of hydrogen-bond acceptors (Lipinski definition) is 7. The lowest BCUT2D eigenvalue weighted by Crippen LogP contribution is -2.46. The largest absolute Gasteiger partial charge is 0.485 e. The summed E-state index contributed by atoms with van der Waals surface area (Å²) in [4.78, 5) is 16.2. The molecule has 5 rings (SSSR count). The first-order valence-electron chi connectivity index (χ1n) is 11.8. The highest BCUT2D eigenvalue weighted by Crippen LogP contribution is 2.43. The molecule has 0 aliphatic carbocycles. The van der Waals surface area contributed by atoms with Gasteiger partial charge in [0, 0.05) is 56.5 Å². The summed E-state index contributed by atoms with van der Waals surface area (Å²) in [6.45, 7) is 8.46. The lowest BCUT2D eigenvalue weighted by Gasteiger charge is -2.40. The van der Waals surface area contributed by atoms with E-state index in [0.29, 0.717) is 5.92 Å². The van der Waals surface area contributed by atoms with E-state index in [1.165, 1.54) is 16.7 Å². The predicted octanol–water partition coefficient (Wildman–Crippen LogP) is 4.41. The predicted molar refractivity (Wildman–Crippen MR) is 131 cm³/mol. The molecule has 0 bridgehead atoms. The van der Waals surface area contributed by atoms with Crippen molar-refractivity contribution in [3.63, 3.8) is 0 Å². The average Bonchev–Trinajstić information content (AvgIpc) is 3.21. The Labute approximate surface area is 195 Å². The first-order chi connectivity index (χ1) is 15.6. The highest BCUT2D eigenvalue weighted by molar-refractivity contribution is 7.96. The lowest BCUT2D eigenvalue weighted by molar-refractivity contribution is 0.0347. The van der Waals surface area contributed by atoms with Gasteiger partial charge in [-0.25, -0.2) is 14.3 Å². The van der Waals surface area contributed by atoms with Crippen molar-refractivity contribution in [2.75, 3.05) is 37.3 Å². The van der Waals surface area contributed by atoms with Crippen molar-refractivity contribution < 1.29 is 4.74 Å². The summed E-state index contributed by atoms with van der Waals surface area (Å²) in [7, 11) is 0. The van der Waals surface area contributed by atoms with Crippen molar-refractivity contribution in [3.05, 3.63) is 47.6 Å². The van der Waals surface area contributed by atoms with Crippen molar-refractivity contribution in [2.45, 2.75) is 51.6 Å². The molecule has 1 fully saturated rings. The molecule has 0 radical (unpaired) electrons. The number of hydrogen-bond donors (Lipinski definition) is 0. The SMILES string of the molecule is CCc1cnc(N2CCC(C3(C)Cc4cc(C5=CCN(SC)CC5)ncc4O3)CC2)nc1. The Morgan fingerprint density at radius 1 is 1.12 bits per heavy atom. The van der Waals surface area contributed by atoms with Gasteiger partial charge in [-0.1, -0.05) is 24.9 Å². The summed E-state index contributed by atoms with van der Waals surface area (Å²) in [6.07, 6.45) is 15.5. The summed E-state index contributed by atoms with van der Waals surface area (Å²) in [5, 5.41) is 0. The van der Waals surface area contributed by atoms with Gasteiger partial charge in [0.1, 0.15) is 11.4 Å². The van der Waals surface area contributed by atoms with E-state index in [4.69, 9.17) is 9.72 Å². The molecule has 0 spiro atoms. The summed E-state index contributed by atoms with van der Waals surface area (Å²) < 4.78 is 8.92. The standard InChI is InChI=1S/C25H33N5OS/c1-4-18-15-27-24(28-16-18)29-9-7-21(8-10-29)25(2)14-20-13-22(26-17-23(20)31-25)19-5-11-30(32-3)12-6-19/h5,13,15-17,21H,4,6-12,14H2,1-3H3. The van der Waals surface area contributed by atoms with Crippen LogP contribution in [0.3, 0.4) is 0 Å². The molecule has 1 saturated heterocycles. The Bertz CT molecular complexity index is 986. The van der Waals surface area contributed by atoms with Gasteiger partial charge < -0.3 is 9.64 Å². The van der Waals surface area contributed by atoms with Crippen LogP contribution in [0.25, 0.3) is 5.57 Å². The molecule has 5 heterocycles. The van der Waals surface area contributed by atoms with E-state index >= 15 is 0 Å². The minimum Gasteiger partial charge on any atom is -0.485 e. The number of pyridine rings is 1. The molecule has 2 aromatic heterocycles. The summed E-state index contributed by atoms with van der Waals surface area (Å²) in [5.41, 5.74) is 4.84. The number of fused-ring (bicyclic) bond motifs is 1. The van der Waals surface area contributed by atoms with E-state index < -0.39 is 0 Å². The van der Waals surface area contributed by atoms with Crippen LogP contribution in [0.15, 0.2) is 30.7 Å². The molecule has 0 saturated carbocycles. The van der Waals surface area contributed by atoms with E-state index in [9.17, 15) is 0 Å². The molecule has 2 aromatic rings. The molecule has 32 heavy (non-hydrogen) atoms. The second-order valence-corrected chi connectivity index (χ2v) is 10.2. The normalized spacial score (nSPS) is 24.2. The maximum absolute atomic E-state index is 6.54.